The van der Waals surface area contributed by atoms with E-state index >= 15 is 0 Å². The van der Waals surface area contributed by atoms with Crippen LogP contribution in [0.4, 0.5) is 10.6 Å². The molecule has 0 aliphatic carbocycles. The van der Waals surface area contributed by atoms with E-state index < -0.39 is 6.09 Å². The van der Waals surface area contributed by atoms with Gasteiger partial charge >= 0.3 is 6.09 Å². The van der Waals surface area contributed by atoms with Gasteiger partial charge in [-0.05, 0) is 28.8 Å². The van der Waals surface area contributed by atoms with Crippen LogP contribution in [-0.2, 0) is 0 Å². The maximum Gasteiger partial charge on any atom is 0.407 e. The molecule has 1 fully saturated rings. The number of amides is 1. The van der Waals surface area contributed by atoms with E-state index in [1.807, 2.05) is 0 Å². The highest BCUT2D eigenvalue weighted by molar-refractivity contribution is 9.10. The molecule has 0 saturated carbocycles. The summed E-state index contributed by atoms with van der Waals surface area (Å²) in [5, 5.41) is 12.1. The molecule has 2 rings (SSSR count). The molecule has 0 unspecified atom stereocenters. The van der Waals surface area contributed by atoms with Crippen LogP contribution in [0.15, 0.2) is 17.0 Å². The van der Waals surface area contributed by atoms with Crippen LogP contribution in [0.2, 0.25) is 0 Å². The van der Waals surface area contributed by atoms with Gasteiger partial charge in [-0.25, -0.2) is 9.78 Å². The number of hydrogen-bond donors (Lipinski definition) is 2. The molecule has 2 N–H and O–H groups in total. The lowest BCUT2D eigenvalue weighted by Gasteiger charge is -2.31. The molecule has 1 aromatic rings. The standard InChI is InChI=1S/C10H13BrN4O2/c11-8-4-12-5-9(14-8)13-7-2-1-3-15(6-7)10(16)17/h4-5,7H,1-3,6H2,(H,13,14)(H,16,17)/t7-/m1/s1. The molecule has 1 aliphatic rings. The molecule has 92 valence electrons. The zero-order valence-electron chi connectivity index (χ0n) is 9.14. The summed E-state index contributed by atoms with van der Waals surface area (Å²) in [6, 6.07) is 0.100. The molecule has 7 heteroatoms. The first-order chi connectivity index (χ1) is 8.15. The number of hydrogen-bond acceptors (Lipinski definition) is 4. The topological polar surface area (TPSA) is 78.4 Å². The Labute approximate surface area is 107 Å². The van der Waals surface area contributed by atoms with Crippen molar-refractivity contribution in [3.8, 4) is 0 Å². The van der Waals surface area contributed by atoms with Gasteiger partial charge in [0.05, 0.1) is 12.4 Å². The molecule has 17 heavy (non-hydrogen) atoms. The quantitative estimate of drug-likeness (QED) is 0.871. The molecular formula is C10H13BrN4O2. The molecule has 1 amide bonds. The summed E-state index contributed by atoms with van der Waals surface area (Å²) in [6.07, 6.45) is 4.18. The number of carbonyl (C=O) groups is 1. The minimum absolute atomic E-state index is 0.100. The fraction of sp³-hybridized carbons (Fsp3) is 0.500. The van der Waals surface area contributed by atoms with Crippen LogP contribution in [0.1, 0.15) is 12.8 Å². The third-order valence-electron chi connectivity index (χ3n) is 2.65. The summed E-state index contributed by atoms with van der Waals surface area (Å²) >= 11 is 3.24. The van der Waals surface area contributed by atoms with Gasteiger partial charge in [-0.15, -0.1) is 0 Å². The Kier molecular flexibility index (Phi) is 3.78. The molecular weight excluding hydrogens is 288 g/mol. The lowest BCUT2D eigenvalue weighted by Crippen LogP contribution is -2.44. The number of anilines is 1. The second-order valence-electron chi connectivity index (χ2n) is 3.94. The van der Waals surface area contributed by atoms with E-state index in [9.17, 15) is 4.79 Å². The van der Waals surface area contributed by atoms with Crippen molar-refractivity contribution in [3.05, 3.63) is 17.0 Å². The second-order valence-corrected chi connectivity index (χ2v) is 4.75. The smallest absolute Gasteiger partial charge is 0.407 e. The number of carboxylic acid groups (broad SMARTS) is 1. The lowest BCUT2D eigenvalue weighted by atomic mass is 10.1. The zero-order valence-corrected chi connectivity index (χ0v) is 10.7. The van der Waals surface area contributed by atoms with Gasteiger partial charge in [0.1, 0.15) is 10.4 Å². The van der Waals surface area contributed by atoms with Crippen LogP contribution >= 0.6 is 15.9 Å². The average Bonchev–Trinajstić information content (AvgIpc) is 2.29. The van der Waals surface area contributed by atoms with Gasteiger partial charge in [0.25, 0.3) is 0 Å². The van der Waals surface area contributed by atoms with Gasteiger partial charge in [-0.1, -0.05) is 0 Å². The summed E-state index contributed by atoms with van der Waals surface area (Å²) in [6.45, 7) is 1.10. The number of halogens is 1. The van der Waals surface area contributed by atoms with E-state index in [-0.39, 0.29) is 6.04 Å². The normalized spacial score (nSPS) is 20.1. The summed E-state index contributed by atoms with van der Waals surface area (Å²) < 4.78 is 0.661. The van der Waals surface area contributed by atoms with Crippen LogP contribution in [0.5, 0.6) is 0 Å². The number of nitrogens with one attached hydrogen (secondary N) is 1. The van der Waals surface area contributed by atoms with Gasteiger partial charge in [0.15, 0.2) is 0 Å². The van der Waals surface area contributed by atoms with Crippen molar-refractivity contribution >= 4 is 27.8 Å². The first-order valence-corrected chi connectivity index (χ1v) is 6.16. The fourth-order valence-corrected chi connectivity index (χ4v) is 2.20. The van der Waals surface area contributed by atoms with Crippen LogP contribution in [0.25, 0.3) is 0 Å². The van der Waals surface area contributed by atoms with Gasteiger partial charge < -0.3 is 15.3 Å². The third kappa shape index (κ3) is 3.29. The van der Waals surface area contributed by atoms with Crippen molar-refractivity contribution in [2.24, 2.45) is 0 Å². The monoisotopic (exact) mass is 300 g/mol. The van der Waals surface area contributed by atoms with Crippen molar-refractivity contribution in [2.75, 3.05) is 18.4 Å². The van der Waals surface area contributed by atoms with Crippen molar-refractivity contribution in [1.29, 1.82) is 0 Å². The van der Waals surface area contributed by atoms with E-state index in [0.29, 0.717) is 23.5 Å². The van der Waals surface area contributed by atoms with E-state index in [1.165, 1.54) is 4.90 Å². The lowest BCUT2D eigenvalue weighted by molar-refractivity contribution is 0.133. The molecule has 1 saturated heterocycles. The molecule has 0 bridgehead atoms. The summed E-state index contributed by atoms with van der Waals surface area (Å²) in [4.78, 5) is 20.5. The predicted octanol–water partition coefficient (Wildman–Crippen LogP) is 1.79. The fourth-order valence-electron chi connectivity index (χ4n) is 1.89. The largest absolute Gasteiger partial charge is 0.465 e. The first-order valence-electron chi connectivity index (χ1n) is 5.37. The minimum atomic E-state index is -0.864. The van der Waals surface area contributed by atoms with Crippen LogP contribution in [0.3, 0.4) is 0 Å². The molecule has 0 aromatic carbocycles. The van der Waals surface area contributed by atoms with Crippen LogP contribution < -0.4 is 5.32 Å². The van der Waals surface area contributed by atoms with Gasteiger partial charge in [0.2, 0.25) is 0 Å². The Balaban J connectivity index is 1.97. The van der Waals surface area contributed by atoms with E-state index in [2.05, 4.69) is 31.2 Å². The van der Waals surface area contributed by atoms with Gasteiger partial charge in [-0.2, -0.15) is 0 Å². The van der Waals surface area contributed by atoms with Crippen molar-refractivity contribution in [2.45, 2.75) is 18.9 Å². The minimum Gasteiger partial charge on any atom is -0.465 e. The van der Waals surface area contributed by atoms with E-state index in [4.69, 9.17) is 5.11 Å². The predicted molar refractivity (Wildman–Crippen MR) is 66.0 cm³/mol. The SMILES string of the molecule is O=C(O)N1CCC[C@@H](Nc2cncc(Br)n2)C1. The van der Waals surface area contributed by atoms with Gasteiger partial charge in [0, 0.05) is 19.1 Å². The maximum atomic E-state index is 10.9. The highest BCUT2D eigenvalue weighted by Crippen LogP contribution is 2.15. The molecule has 1 aliphatic heterocycles. The average molecular weight is 301 g/mol. The van der Waals surface area contributed by atoms with Crippen molar-refractivity contribution < 1.29 is 9.90 Å². The summed E-state index contributed by atoms with van der Waals surface area (Å²) in [5.74, 6) is 0.664. The maximum absolute atomic E-state index is 10.9. The zero-order chi connectivity index (χ0) is 12.3. The highest BCUT2D eigenvalue weighted by atomic mass is 79.9. The Morgan fingerprint density at radius 2 is 2.41 bits per heavy atom. The van der Waals surface area contributed by atoms with Crippen LogP contribution in [-0.4, -0.2) is 45.2 Å². The third-order valence-corrected chi connectivity index (χ3v) is 3.03. The summed E-state index contributed by atoms with van der Waals surface area (Å²) in [7, 11) is 0. The summed E-state index contributed by atoms with van der Waals surface area (Å²) in [5.41, 5.74) is 0. The van der Waals surface area contributed by atoms with Crippen molar-refractivity contribution in [3.63, 3.8) is 0 Å². The number of likely N-dealkylation sites (tertiary alicyclic amines) is 1. The Hall–Kier alpha value is -1.37. The van der Waals surface area contributed by atoms with E-state index in [1.54, 1.807) is 12.4 Å². The first kappa shape index (κ1) is 12.1. The highest BCUT2D eigenvalue weighted by Gasteiger charge is 2.23. The van der Waals surface area contributed by atoms with Crippen LogP contribution in [0, 0.1) is 0 Å². The molecule has 0 spiro atoms. The Morgan fingerprint density at radius 1 is 1.59 bits per heavy atom. The molecule has 6 nitrogen and oxygen atoms in total. The Morgan fingerprint density at radius 3 is 3.12 bits per heavy atom. The van der Waals surface area contributed by atoms with Gasteiger partial charge in [-0.3, -0.25) is 4.98 Å². The molecule has 0 radical (unpaired) electrons. The number of nitrogens with zero attached hydrogens (tertiary/aromatic N) is 3. The molecule has 1 aromatic heterocycles. The number of rotatable bonds is 2. The molecule has 2 heterocycles. The number of piperidine rings is 1. The van der Waals surface area contributed by atoms with E-state index in [0.717, 1.165) is 12.8 Å². The second kappa shape index (κ2) is 5.31. The molecule has 1 atom stereocenters. The van der Waals surface area contributed by atoms with Crippen molar-refractivity contribution in [1.82, 2.24) is 14.9 Å². The Bertz CT molecular complexity index is 415. The number of aromatic nitrogens is 2.